The molecule has 0 aliphatic carbocycles. The van der Waals surface area contributed by atoms with Gasteiger partial charge in [0.05, 0.1) is 7.11 Å². The fraction of sp³-hybridized carbons (Fsp3) is 0.200. The number of hydrogen-bond donors (Lipinski definition) is 2. The number of hydrogen-bond acceptors (Lipinski definition) is 3. The number of fused-ring (bicyclic) bond motifs is 4. The molecular formula is C20H17N3O3. The molecule has 5 rings (SSSR count). The summed E-state index contributed by atoms with van der Waals surface area (Å²) in [6, 6.07) is 14.5. The fourth-order valence-corrected chi connectivity index (χ4v) is 4.13. The molecule has 3 aromatic rings. The third-order valence-electron chi connectivity index (χ3n) is 5.33. The maximum absolute atomic E-state index is 12.5. The first-order valence-electron chi connectivity index (χ1n) is 8.54. The van der Waals surface area contributed by atoms with Gasteiger partial charge in [-0.05, 0) is 29.3 Å². The van der Waals surface area contributed by atoms with E-state index >= 15 is 0 Å². The van der Waals surface area contributed by atoms with Gasteiger partial charge in [0.1, 0.15) is 17.8 Å². The molecule has 0 spiro atoms. The summed E-state index contributed by atoms with van der Waals surface area (Å²) in [5, 5.41) is 3.57. The Labute approximate surface area is 149 Å². The Morgan fingerprint density at radius 3 is 2.62 bits per heavy atom. The number of nitrogens with one attached hydrogen (secondary N) is 2. The fourth-order valence-electron chi connectivity index (χ4n) is 4.13. The highest BCUT2D eigenvalue weighted by atomic mass is 16.5. The van der Waals surface area contributed by atoms with Crippen molar-refractivity contribution in [1.29, 1.82) is 0 Å². The first-order valence-corrected chi connectivity index (χ1v) is 8.54. The van der Waals surface area contributed by atoms with E-state index < -0.39 is 6.04 Å². The van der Waals surface area contributed by atoms with Gasteiger partial charge < -0.3 is 9.72 Å². The van der Waals surface area contributed by atoms with Gasteiger partial charge in [-0.3, -0.25) is 15.0 Å². The molecule has 6 nitrogen and oxygen atoms in total. The standard InChI is InChI=1S/C20H17N3O3/c1-26-12-8-6-11(7-9-12)18-17-14(13-4-2-3-5-15(13)21-17)10-16-19(24)22-20(25)23(16)18/h2-9,16,18,21H,10H2,1H3,(H,22,24,25)/t16-,18-/m0/s1. The van der Waals surface area contributed by atoms with Gasteiger partial charge >= 0.3 is 6.03 Å². The highest BCUT2D eigenvalue weighted by molar-refractivity contribution is 6.05. The Morgan fingerprint density at radius 1 is 1.08 bits per heavy atom. The Hall–Kier alpha value is -3.28. The number of carbonyl (C=O) groups is 2. The summed E-state index contributed by atoms with van der Waals surface area (Å²) in [6.45, 7) is 0. The molecule has 2 atom stereocenters. The van der Waals surface area contributed by atoms with E-state index in [2.05, 4.69) is 16.4 Å². The Bertz CT molecular complexity index is 1040. The molecular weight excluding hydrogens is 330 g/mol. The van der Waals surface area contributed by atoms with Crippen molar-refractivity contribution in [1.82, 2.24) is 15.2 Å². The average molecular weight is 347 g/mol. The average Bonchev–Trinajstić information content (AvgIpc) is 3.18. The zero-order chi connectivity index (χ0) is 17.8. The number of carbonyl (C=O) groups excluding carboxylic acids is 2. The molecule has 2 aliphatic heterocycles. The monoisotopic (exact) mass is 347 g/mol. The summed E-state index contributed by atoms with van der Waals surface area (Å²) in [4.78, 5) is 30.0. The van der Waals surface area contributed by atoms with Crippen molar-refractivity contribution >= 4 is 22.8 Å². The van der Waals surface area contributed by atoms with E-state index in [0.29, 0.717) is 6.42 Å². The third kappa shape index (κ3) is 1.98. The first-order chi connectivity index (χ1) is 12.7. The molecule has 0 unspecified atom stereocenters. The Balaban J connectivity index is 1.74. The van der Waals surface area contributed by atoms with Crippen LogP contribution < -0.4 is 10.1 Å². The number of urea groups is 1. The number of nitrogens with zero attached hydrogens (tertiary/aromatic N) is 1. The maximum Gasteiger partial charge on any atom is 0.325 e. The second-order valence-electron chi connectivity index (χ2n) is 6.66. The molecule has 1 saturated heterocycles. The van der Waals surface area contributed by atoms with Gasteiger partial charge in [-0.15, -0.1) is 0 Å². The van der Waals surface area contributed by atoms with Crippen LogP contribution in [0.1, 0.15) is 22.9 Å². The molecule has 0 saturated carbocycles. The molecule has 2 aliphatic rings. The van der Waals surface area contributed by atoms with Crippen LogP contribution in [0.4, 0.5) is 4.79 Å². The number of imide groups is 1. The zero-order valence-electron chi connectivity index (χ0n) is 14.2. The van der Waals surface area contributed by atoms with Crippen molar-refractivity contribution in [2.24, 2.45) is 0 Å². The van der Waals surface area contributed by atoms with E-state index in [9.17, 15) is 9.59 Å². The van der Waals surface area contributed by atoms with Crippen LogP contribution in [0.2, 0.25) is 0 Å². The molecule has 6 heteroatoms. The lowest BCUT2D eigenvalue weighted by atomic mass is 9.89. The van der Waals surface area contributed by atoms with Crippen LogP contribution in [-0.4, -0.2) is 35.0 Å². The number of H-pyrrole nitrogens is 1. The quantitative estimate of drug-likeness (QED) is 0.700. The first kappa shape index (κ1) is 15.0. The minimum atomic E-state index is -0.485. The van der Waals surface area contributed by atoms with Gasteiger partial charge in [0.2, 0.25) is 0 Å². The van der Waals surface area contributed by atoms with Crippen molar-refractivity contribution in [2.45, 2.75) is 18.5 Å². The second-order valence-corrected chi connectivity index (χ2v) is 6.66. The van der Waals surface area contributed by atoms with Crippen molar-refractivity contribution in [3.63, 3.8) is 0 Å². The Kier molecular flexibility index (Phi) is 3.09. The SMILES string of the molecule is COc1ccc([C@H]2c3[nH]c4ccccc4c3C[C@H]3C(=O)NC(=O)N23)cc1. The molecule has 26 heavy (non-hydrogen) atoms. The second kappa shape index (κ2) is 5.36. The third-order valence-corrected chi connectivity index (χ3v) is 5.33. The largest absolute Gasteiger partial charge is 0.497 e. The highest BCUT2D eigenvalue weighted by Crippen LogP contribution is 2.42. The summed E-state index contributed by atoms with van der Waals surface area (Å²) in [5.41, 5.74) is 4.03. The summed E-state index contributed by atoms with van der Waals surface area (Å²) in [5.74, 6) is 0.518. The lowest BCUT2D eigenvalue weighted by molar-refractivity contribution is -0.121. The highest BCUT2D eigenvalue weighted by Gasteiger charge is 2.48. The molecule has 3 amide bonds. The number of aromatic amines is 1. The van der Waals surface area contributed by atoms with E-state index in [1.807, 2.05) is 42.5 Å². The van der Waals surface area contributed by atoms with Crippen LogP contribution in [0.15, 0.2) is 48.5 Å². The van der Waals surface area contributed by atoms with Crippen molar-refractivity contribution < 1.29 is 14.3 Å². The maximum atomic E-state index is 12.5. The van der Waals surface area contributed by atoms with Crippen LogP contribution in [0.25, 0.3) is 10.9 Å². The van der Waals surface area contributed by atoms with E-state index in [0.717, 1.165) is 33.5 Å². The number of ether oxygens (including phenoxy) is 1. The number of aromatic nitrogens is 1. The molecule has 0 radical (unpaired) electrons. The topological polar surface area (TPSA) is 74.4 Å². The van der Waals surface area contributed by atoms with E-state index in [-0.39, 0.29) is 18.0 Å². The lowest BCUT2D eigenvalue weighted by Gasteiger charge is -2.36. The van der Waals surface area contributed by atoms with Crippen LogP contribution >= 0.6 is 0 Å². The summed E-state index contributed by atoms with van der Waals surface area (Å²) in [6.07, 6.45) is 0.517. The minimum absolute atomic E-state index is 0.232. The minimum Gasteiger partial charge on any atom is -0.497 e. The molecule has 1 fully saturated rings. The van der Waals surface area contributed by atoms with Gasteiger partial charge in [0, 0.05) is 23.0 Å². The zero-order valence-corrected chi connectivity index (χ0v) is 14.2. The van der Waals surface area contributed by atoms with Crippen LogP contribution in [-0.2, 0) is 11.2 Å². The van der Waals surface area contributed by atoms with Crippen molar-refractivity contribution in [3.05, 3.63) is 65.4 Å². The number of rotatable bonds is 2. The van der Waals surface area contributed by atoms with Crippen molar-refractivity contribution in [3.8, 4) is 5.75 Å². The van der Waals surface area contributed by atoms with Gasteiger partial charge in [0.15, 0.2) is 0 Å². The predicted molar refractivity (Wildman–Crippen MR) is 96.0 cm³/mol. The normalized spacial score (nSPS) is 21.5. The Morgan fingerprint density at radius 2 is 1.85 bits per heavy atom. The van der Waals surface area contributed by atoms with E-state index in [4.69, 9.17) is 4.74 Å². The van der Waals surface area contributed by atoms with Crippen LogP contribution in [0.5, 0.6) is 5.75 Å². The smallest absolute Gasteiger partial charge is 0.325 e. The number of para-hydroxylation sites is 1. The molecule has 2 N–H and O–H groups in total. The van der Waals surface area contributed by atoms with Crippen molar-refractivity contribution in [2.75, 3.05) is 7.11 Å². The van der Waals surface area contributed by atoms with E-state index in [1.165, 1.54) is 0 Å². The molecule has 130 valence electrons. The summed E-state index contributed by atoms with van der Waals surface area (Å²) < 4.78 is 5.24. The number of amides is 3. The van der Waals surface area contributed by atoms with E-state index in [1.54, 1.807) is 12.0 Å². The number of benzene rings is 2. The molecule has 3 heterocycles. The lowest BCUT2D eigenvalue weighted by Crippen LogP contribution is -2.44. The van der Waals surface area contributed by atoms with Crippen LogP contribution in [0.3, 0.4) is 0 Å². The van der Waals surface area contributed by atoms with Gasteiger partial charge in [-0.25, -0.2) is 4.79 Å². The summed E-state index contributed by atoms with van der Waals surface area (Å²) >= 11 is 0. The van der Waals surface area contributed by atoms with Crippen LogP contribution in [0, 0.1) is 0 Å². The predicted octanol–water partition coefficient (Wildman–Crippen LogP) is 2.74. The van der Waals surface area contributed by atoms with Gasteiger partial charge in [-0.2, -0.15) is 0 Å². The summed E-state index contributed by atoms with van der Waals surface area (Å²) in [7, 11) is 1.62. The number of methoxy groups -OCH3 is 1. The van der Waals surface area contributed by atoms with Gasteiger partial charge in [0.25, 0.3) is 5.91 Å². The molecule has 1 aromatic heterocycles. The molecule has 0 bridgehead atoms. The van der Waals surface area contributed by atoms with Gasteiger partial charge in [-0.1, -0.05) is 30.3 Å². The molecule has 2 aromatic carbocycles.